The highest BCUT2D eigenvalue weighted by Gasteiger charge is 2.41. The molecular weight excluding hydrogens is 469 g/mol. The van der Waals surface area contributed by atoms with Crippen LogP contribution in [-0.4, -0.2) is 41.9 Å². The van der Waals surface area contributed by atoms with Crippen molar-refractivity contribution in [1.82, 2.24) is 9.97 Å². The van der Waals surface area contributed by atoms with E-state index >= 15 is 0 Å². The summed E-state index contributed by atoms with van der Waals surface area (Å²) in [7, 11) is 0. The summed E-state index contributed by atoms with van der Waals surface area (Å²) in [5.74, 6) is -1.64. The van der Waals surface area contributed by atoms with Crippen molar-refractivity contribution in [1.29, 1.82) is 0 Å². The molecule has 1 aliphatic rings. The minimum atomic E-state index is -4.84. The average molecular weight is 493 g/mol. The van der Waals surface area contributed by atoms with Crippen LogP contribution in [0.2, 0.25) is 0 Å². The zero-order valence-electron chi connectivity index (χ0n) is 19.3. The van der Waals surface area contributed by atoms with Gasteiger partial charge in [-0.25, -0.2) is 9.97 Å². The Balaban J connectivity index is 1.27. The van der Waals surface area contributed by atoms with E-state index in [9.17, 15) is 18.0 Å². The number of hydrogen-bond acceptors (Lipinski definition) is 6. The van der Waals surface area contributed by atoms with E-state index in [-0.39, 0.29) is 12.3 Å². The van der Waals surface area contributed by atoms with E-state index in [2.05, 4.69) is 31.9 Å². The molecule has 9 heteroatoms. The number of oxazole rings is 1. The number of para-hydroxylation sites is 1. The van der Waals surface area contributed by atoms with E-state index < -0.39 is 23.4 Å². The molecular formula is C27H23F3N4O2. The van der Waals surface area contributed by atoms with Crippen LogP contribution in [0.5, 0.6) is 0 Å². The Hall–Kier alpha value is -4.14. The van der Waals surface area contributed by atoms with Crippen LogP contribution >= 0.6 is 0 Å². The van der Waals surface area contributed by atoms with Gasteiger partial charge in [-0.2, -0.15) is 13.2 Å². The van der Waals surface area contributed by atoms with Gasteiger partial charge < -0.3 is 14.2 Å². The Morgan fingerprint density at radius 2 is 1.50 bits per heavy atom. The zero-order chi connectivity index (χ0) is 25.1. The molecule has 0 spiro atoms. The number of benzene rings is 2. The molecule has 1 saturated heterocycles. The van der Waals surface area contributed by atoms with Gasteiger partial charge in [0.05, 0.1) is 0 Å². The average Bonchev–Trinajstić information content (AvgIpc) is 3.37. The second-order valence-corrected chi connectivity index (χ2v) is 8.49. The predicted molar refractivity (Wildman–Crippen MR) is 130 cm³/mol. The van der Waals surface area contributed by atoms with Crippen molar-refractivity contribution in [2.75, 3.05) is 36.0 Å². The predicted octanol–water partition coefficient (Wildman–Crippen LogP) is 5.51. The van der Waals surface area contributed by atoms with Gasteiger partial charge >= 0.3 is 6.18 Å². The minimum absolute atomic E-state index is 0.241. The summed E-state index contributed by atoms with van der Waals surface area (Å²) in [4.78, 5) is 25.6. The first kappa shape index (κ1) is 23.6. The van der Waals surface area contributed by atoms with Crippen LogP contribution in [0.25, 0.3) is 11.5 Å². The summed E-state index contributed by atoms with van der Waals surface area (Å²) >= 11 is 0. The number of carbonyl (C=O) groups is 1. The number of carbonyl (C=O) groups excluding carboxylic acids is 1. The fraction of sp³-hybridized carbons (Fsp3) is 0.222. The smallest absolute Gasteiger partial charge is 0.431 e. The molecule has 0 bridgehead atoms. The normalized spacial score (nSPS) is 14.2. The van der Waals surface area contributed by atoms with Crippen molar-refractivity contribution in [3.63, 3.8) is 0 Å². The highest BCUT2D eigenvalue weighted by Crippen LogP contribution is 2.35. The molecule has 0 saturated carbocycles. The van der Waals surface area contributed by atoms with E-state index in [0.29, 0.717) is 11.1 Å². The quantitative estimate of drug-likeness (QED) is 0.331. The minimum Gasteiger partial charge on any atom is -0.431 e. The summed E-state index contributed by atoms with van der Waals surface area (Å²) in [6.07, 6.45) is -3.57. The molecule has 36 heavy (non-hydrogen) atoms. The molecule has 184 valence electrons. The molecule has 2 aromatic carbocycles. The molecule has 0 N–H and O–H groups in total. The van der Waals surface area contributed by atoms with Crippen molar-refractivity contribution in [3.05, 3.63) is 96.0 Å². The van der Waals surface area contributed by atoms with Crippen LogP contribution < -0.4 is 9.80 Å². The maximum Gasteiger partial charge on any atom is 0.452 e. The number of nitrogens with zero attached hydrogens (tertiary/aromatic N) is 4. The molecule has 4 aromatic rings. The fourth-order valence-electron chi connectivity index (χ4n) is 4.22. The molecule has 1 aliphatic heterocycles. The highest BCUT2D eigenvalue weighted by atomic mass is 19.4. The van der Waals surface area contributed by atoms with Crippen LogP contribution in [0.3, 0.4) is 0 Å². The number of pyridine rings is 1. The number of halogens is 3. The van der Waals surface area contributed by atoms with Crippen LogP contribution in [-0.2, 0) is 12.6 Å². The third-order valence-corrected chi connectivity index (χ3v) is 6.07. The van der Waals surface area contributed by atoms with Crippen molar-refractivity contribution >= 4 is 17.3 Å². The van der Waals surface area contributed by atoms with E-state index in [0.717, 1.165) is 32.0 Å². The Morgan fingerprint density at radius 3 is 2.11 bits per heavy atom. The maximum absolute atomic E-state index is 13.6. The molecule has 1 fully saturated rings. The summed E-state index contributed by atoms with van der Waals surface area (Å²) in [6, 6.07) is 21.9. The number of Topliss-reactive ketones (excluding diaryl/α,β-unsaturated/α-hetero) is 1. The van der Waals surface area contributed by atoms with Crippen molar-refractivity contribution in [2.45, 2.75) is 12.6 Å². The Morgan fingerprint density at radius 1 is 0.861 bits per heavy atom. The third kappa shape index (κ3) is 5.10. The number of rotatable bonds is 6. The van der Waals surface area contributed by atoms with Crippen molar-refractivity contribution in [2.24, 2.45) is 0 Å². The van der Waals surface area contributed by atoms with Crippen molar-refractivity contribution in [3.8, 4) is 11.5 Å². The summed E-state index contributed by atoms with van der Waals surface area (Å²) < 4.78 is 45.7. The molecule has 6 nitrogen and oxygen atoms in total. The molecule has 0 unspecified atom stereocenters. The lowest BCUT2D eigenvalue weighted by Gasteiger charge is -2.36. The first-order valence-electron chi connectivity index (χ1n) is 11.5. The first-order chi connectivity index (χ1) is 17.4. The Kier molecular flexibility index (Phi) is 6.45. The van der Waals surface area contributed by atoms with Gasteiger partial charge in [-0.1, -0.05) is 42.5 Å². The van der Waals surface area contributed by atoms with E-state index in [4.69, 9.17) is 4.42 Å². The second-order valence-electron chi connectivity index (χ2n) is 8.49. The number of piperazine rings is 1. The lowest BCUT2D eigenvalue weighted by atomic mass is 10.1. The molecule has 3 heterocycles. The molecule has 0 amide bonds. The Bertz CT molecular complexity index is 1310. The number of hydrogen-bond donors (Lipinski definition) is 0. The maximum atomic E-state index is 13.6. The van der Waals surface area contributed by atoms with E-state index in [1.54, 1.807) is 42.5 Å². The molecule has 0 radical (unpaired) electrons. The SMILES string of the molecule is O=C(Cc1ccc(N2CCN(c3ccccc3)CC2)nc1)c1nc(-c2ccccc2)oc1C(F)(F)F. The van der Waals surface area contributed by atoms with E-state index in [1.807, 2.05) is 18.2 Å². The molecule has 0 aliphatic carbocycles. The molecule has 5 rings (SSSR count). The van der Waals surface area contributed by atoms with Crippen LogP contribution in [0, 0.1) is 0 Å². The highest BCUT2D eigenvalue weighted by molar-refractivity contribution is 5.97. The largest absolute Gasteiger partial charge is 0.452 e. The Labute approximate surface area is 206 Å². The third-order valence-electron chi connectivity index (χ3n) is 6.07. The summed E-state index contributed by atoms with van der Waals surface area (Å²) in [5, 5.41) is 0. The van der Waals surface area contributed by atoms with Gasteiger partial charge in [0.2, 0.25) is 11.7 Å². The topological polar surface area (TPSA) is 62.5 Å². The van der Waals surface area contributed by atoms with Gasteiger partial charge in [0, 0.05) is 50.0 Å². The lowest BCUT2D eigenvalue weighted by Crippen LogP contribution is -2.46. The van der Waals surface area contributed by atoms with Crippen LogP contribution in [0.15, 0.2) is 83.4 Å². The second kappa shape index (κ2) is 9.85. The fourth-order valence-corrected chi connectivity index (χ4v) is 4.22. The number of ketones is 1. The van der Waals surface area contributed by atoms with Crippen LogP contribution in [0.1, 0.15) is 21.8 Å². The van der Waals surface area contributed by atoms with Crippen molar-refractivity contribution < 1.29 is 22.4 Å². The van der Waals surface area contributed by atoms with Gasteiger partial charge in [-0.05, 0) is 35.9 Å². The van der Waals surface area contributed by atoms with Gasteiger partial charge in [0.25, 0.3) is 0 Å². The van der Waals surface area contributed by atoms with Gasteiger partial charge in [-0.3, -0.25) is 4.79 Å². The van der Waals surface area contributed by atoms with Gasteiger partial charge in [0.15, 0.2) is 11.5 Å². The van der Waals surface area contributed by atoms with Crippen LogP contribution in [0.4, 0.5) is 24.7 Å². The summed E-state index contributed by atoms with van der Waals surface area (Å²) in [6.45, 7) is 3.27. The van der Waals surface area contributed by atoms with E-state index in [1.165, 1.54) is 11.9 Å². The number of anilines is 2. The van der Waals surface area contributed by atoms with Gasteiger partial charge in [-0.15, -0.1) is 0 Å². The zero-order valence-corrected chi connectivity index (χ0v) is 19.3. The molecule has 0 atom stereocenters. The monoisotopic (exact) mass is 492 g/mol. The van der Waals surface area contributed by atoms with Gasteiger partial charge in [0.1, 0.15) is 5.82 Å². The number of alkyl halides is 3. The molecule has 2 aromatic heterocycles. The summed E-state index contributed by atoms with van der Waals surface area (Å²) in [5.41, 5.74) is 1.33. The number of aromatic nitrogens is 2. The lowest BCUT2D eigenvalue weighted by molar-refractivity contribution is -0.153. The first-order valence-corrected chi connectivity index (χ1v) is 11.5. The standard InChI is InChI=1S/C27H23F3N4O2/c28-27(29,30)25-24(32-26(36-25)20-7-3-1-4-8-20)22(35)17-19-11-12-23(31-18-19)34-15-13-33(14-16-34)21-9-5-2-6-10-21/h1-12,18H,13-17H2.